The molecule has 7 heteroatoms. The highest BCUT2D eigenvalue weighted by Gasteiger charge is 2.19. The van der Waals surface area contributed by atoms with Crippen molar-refractivity contribution < 1.29 is 9.72 Å². The number of nitro benzene ring substituents is 1. The van der Waals surface area contributed by atoms with Crippen LogP contribution in [0.4, 0.5) is 10.7 Å². The van der Waals surface area contributed by atoms with E-state index in [1.54, 1.807) is 17.5 Å². The topological polar surface area (TPSA) is 98.3 Å². The van der Waals surface area contributed by atoms with Crippen molar-refractivity contribution in [3.63, 3.8) is 0 Å². The van der Waals surface area contributed by atoms with E-state index in [1.165, 1.54) is 23.5 Å². The second-order valence-corrected chi connectivity index (χ2v) is 5.36. The Labute approximate surface area is 125 Å². The summed E-state index contributed by atoms with van der Waals surface area (Å²) in [6, 6.07) is 6.17. The Morgan fingerprint density at radius 2 is 2.24 bits per heavy atom. The van der Waals surface area contributed by atoms with Gasteiger partial charge in [0.05, 0.1) is 15.5 Å². The van der Waals surface area contributed by atoms with Crippen molar-refractivity contribution in [1.29, 1.82) is 0 Å². The highest BCUT2D eigenvalue weighted by Crippen LogP contribution is 2.34. The molecule has 1 amide bonds. The van der Waals surface area contributed by atoms with Crippen molar-refractivity contribution in [2.75, 3.05) is 12.3 Å². The van der Waals surface area contributed by atoms with Gasteiger partial charge in [-0.1, -0.05) is 19.1 Å². The Morgan fingerprint density at radius 3 is 2.90 bits per heavy atom. The monoisotopic (exact) mass is 305 g/mol. The molecule has 0 saturated heterocycles. The van der Waals surface area contributed by atoms with Crippen LogP contribution in [0.3, 0.4) is 0 Å². The van der Waals surface area contributed by atoms with Gasteiger partial charge in [0, 0.05) is 29.6 Å². The van der Waals surface area contributed by atoms with Gasteiger partial charge in [-0.3, -0.25) is 14.9 Å². The number of amides is 1. The Kier molecular flexibility index (Phi) is 4.54. The molecule has 0 saturated carbocycles. The molecule has 0 atom stereocenters. The Morgan fingerprint density at radius 1 is 1.48 bits per heavy atom. The van der Waals surface area contributed by atoms with E-state index in [9.17, 15) is 14.9 Å². The second kappa shape index (κ2) is 6.36. The summed E-state index contributed by atoms with van der Waals surface area (Å²) in [5.74, 6) is -0.253. The van der Waals surface area contributed by atoms with Gasteiger partial charge in [0.1, 0.15) is 0 Å². The van der Waals surface area contributed by atoms with Gasteiger partial charge in [0.15, 0.2) is 0 Å². The zero-order chi connectivity index (χ0) is 15.4. The molecule has 0 aliphatic rings. The molecule has 2 rings (SSSR count). The van der Waals surface area contributed by atoms with Gasteiger partial charge >= 0.3 is 0 Å². The van der Waals surface area contributed by atoms with Crippen LogP contribution in [0.2, 0.25) is 0 Å². The summed E-state index contributed by atoms with van der Waals surface area (Å²) in [5, 5.41) is 15.8. The van der Waals surface area contributed by atoms with Crippen molar-refractivity contribution in [2.45, 2.75) is 13.3 Å². The number of non-ortho nitro benzene ring substituents is 1. The van der Waals surface area contributed by atoms with E-state index in [2.05, 4.69) is 5.32 Å². The zero-order valence-corrected chi connectivity index (χ0v) is 12.3. The van der Waals surface area contributed by atoms with Crippen LogP contribution in [0.5, 0.6) is 0 Å². The lowest BCUT2D eigenvalue weighted by Crippen LogP contribution is -2.24. The minimum atomic E-state index is -0.462. The number of nitro groups is 1. The third kappa shape index (κ3) is 3.19. The first-order valence-electron chi connectivity index (χ1n) is 6.44. The van der Waals surface area contributed by atoms with Crippen LogP contribution in [-0.2, 0) is 0 Å². The lowest BCUT2D eigenvalue weighted by Gasteiger charge is -2.06. The van der Waals surface area contributed by atoms with E-state index >= 15 is 0 Å². The highest BCUT2D eigenvalue weighted by molar-refractivity contribution is 7.15. The third-order valence-electron chi connectivity index (χ3n) is 2.95. The average molecular weight is 305 g/mol. The number of nitrogens with zero attached hydrogens (tertiary/aromatic N) is 1. The first kappa shape index (κ1) is 15.0. The fourth-order valence-corrected chi connectivity index (χ4v) is 2.75. The van der Waals surface area contributed by atoms with Crippen LogP contribution in [0, 0.1) is 10.1 Å². The molecule has 0 fully saturated rings. The number of hydrogen-bond donors (Lipinski definition) is 2. The van der Waals surface area contributed by atoms with Gasteiger partial charge < -0.3 is 11.1 Å². The molecule has 0 bridgehead atoms. The van der Waals surface area contributed by atoms with Gasteiger partial charge in [-0.25, -0.2) is 0 Å². The van der Waals surface area contributed by atoms with Crippen molar-refractivity contribution in [3.8, 4) is 11.1 Å². The van der Waals surface area contributed by atoms with E-state index < -0.39 is 4.92 Å². The maximum absolute atomic E-state index is 12.2. The summed E-state index contributed by atoms with van der Waals surface area (Å²) in [7, 11) is 0. The minimum absolute atomic E-state index is 0.0165. The molecule has 6 nitrogen and oxygen atoms in total. The van der Waals surface area contributed by atoms with Crippen LogP contribution in [0.25, 0.3) is 11.1 Å². The van der Waals surface area contributed by atoms with E-state index in [0.717, 1.165) is 6.42 Å². The summed E-state index contributed by atoms with van der Waals surface area (Å²) < 4.78 is 0. The Balaban J connectivity index is 2.43. The smallest absolute Gasteiger partial charge is 0.270 e. The zero-order valence-electron chi connectivity index (χ0n) is 11.5. The standard InChI is InChI=1S/C14H15N3O3S/c1-2-6-16-14(18)12-11(8-21-13(12)15)9-4-3-5-10(7-9)17(19)20/h3-5,7-8H,2,6,15H2,1H3,(H,16,18). The molecule has 3 N–H and O–H groups in total. The van der Waals surface area contributed by atoms with E-state index in [-0.39, 0.29) is 11.6 Å². The number of nitrogen functional groups attached to an aromatic ring is 1. The molecular formula is C14H15N3O3S. The fraction of sp³-hybridized carbons (Fsp3) is 0.214. The minimum Gasteiger partial charge on any atom is -0.390 e. The first-order chi connectivity index (χ1) is 10.0. The fourth-order valence-electron chi connectivity index (χ4n) is 1.93. The maximum atomic E-state index is 12.2. The van der Waals surface area contributed by atoms with Crippen LogP contribution < -0.4 is 11.1 Å². The normalized spacial score (nSPS) is 10.3. The van der Waals surface area contributed by atoms with Gasteiger partial charge in [0.2, 0.25) is 0 Å². The number of rotatable bonds is 5. The second-order valence-electron chi connectivity index (χ2n) is 4.45. The number of benzene rings is 1. The average Bonchev–Trinajstić information content (AvgIpc) is 2.86. The summed E-state index contributed by atoms with van der Waals surface area (Å²) in [6.07, 6.45) is 0.821. The summed E-state index contributed by atoms with van der Waals surface area (Å²) in [6.45, 7) is 2.52. The van der Waals surface area contributed by atoms with Crippen LogP contribution in [-0.4, -0.2) is 17.4 Å². The lowest BCUT2D eigenvalue weighted by atomic mass is 10.0. The van der Waals surface area contributed by atoms with E-state index in [1.807, 2.05) is 6.92 Å². The van der Waals surface area contributed by atoms with E-state index in [4.69, 9.17) is 5.73 Å². The molecule has 0 unspecified atom stereocenters. The van der Waals surface area contributed by atoms with Crippen molar-refractivity contribution in [2.24, 2.45) is 0 Å². The molecule has 0 aliphatic carbocycles. The number of carbonyl (C=O) groups is 1. The van der Waals surface area contributed by atoms with Crippen molar-refractivity contribution in [3.05, 3.63) is 45.3 Å². The van der Waals surface area contributed by atoms with Gasteiger partial charge in [0.25, 0.3) is 11.6 Å². The highest BCUT2D eigenvalue weighted by atomic mass is 32.1. The number of hydrogen-bond acceptors (Lipinski definition) is 5. The van der Waals surface area contributed by atoms with Crippen LogP contribution in [0.15, 0.2) is 29.6 Å². The Bertz CT molecular complexity index is 682. The van der Waals surface area contributed by atoms with Crippen molar-refractivity contribution >= 4 is 27.9 Å². The molecule has 0 radical (unpaired) electrons. The molecule has 21 heavy (non-hydrogen) atoms. The SMILES string of the molecule is CCCNC(=O)c1c(-c2cccc([N+](=O)[O-])c2)csc1N. The summed E-state index contributed by atoms with van der Waals surface area (Å²) in [4.78, 5) is 22.6. The van der Waals surface area contributed by atoms with Gasteiger partial charge in [-0.05, 0) is 12.0 Å². The summed E-state index contributed by atoms with van der Waals surface area (Å²) in [5.41, 5.74) is 7.47. The molecule has 1 heterocycles. The number of anilines is 1. The molecule has 0 aliphatic heterocycles. The number of nitrogens with one attached hydrogen (secondary N) is 1. The van der Waals surface area contributed by atoms with Crippen LogP contribution >= 0.6 is 11.3 Å². The maximum Gasteiger partial charge on any atom is 0.270 e. The van der Waals surface area contributed by atoms with Gasteiger partial charge in [-0.2, -0.15) is 0 Å². The molecule has 2 aromatic rings. The molecule has 0 spiro atoms. The first-order valence-corrected chi connectivity index (χ1v) is 7.32. The molecule has 1 aromatic carbocycles. The molecule has 1 aromatic heterocycles. The third-order valence-corrected chi connectivity index (χ3v) is 3.76. The number of carbonyl (C=O) groups excluding carboxylic acids is 1. The number of thiophene rings is 1. The molecule has 110 valence electrons. The Hall–Kier alpha value is -2.41. The van der Waals surface area contributed by atoms with Gasteiger partial charge in [-0.15, -0.1) is 11.3 Å². The lowest BCUT2D eigenvalue weighted by molar-refractivity contribution is -0.384. The van der Waals surface area contributed by atoms with Crippen molar-refractivity contribution in [1.82, 2.24) is 5.32 Å². The van der Waals surface area contributed by atoms with Crippen LogP contribution in [0.1, 0.15) is 23.7 Å². The van der Waals surface area contributed by atoms with E-state index in [0.29, 0.717) is 28.2 Å². The predicted molar refractivity (Wildman–Crippen MR) is 83.4 cm³/mol. The summed E-state index contributed by atoms with van der Waals surface area (Å²) >= 11 is 1.25. The number of nitrogens with two attached hydrogens (primary N) is 1. The quantitative estimate of drug-likeness (QED) is 0.655. The molecular weight excluding hydrogens is 290 g/mol. The largest absolute Gasteiger partial charge is 0.390 e. The predicted octanol–water partition coefficient (Wildman–Crippen LogP) is 3.05.